The van der Waals surface area contributed by atoms with Crippen LogP contribution in [0.3, 0.4) is 0 Å². The topological polar surface area (TPSA) is 0 Å². The quantitative estimate of drug-likeness (QED) is 0.227. The fraction of sp³-hybridized carbons (Fsp3) is 1.00. The predicted octanol–water partition coefficient (Wildman–Crippen LogP) is 41.0. The molecule has 0 heteroatoms. The van der Waals surface area contributed by atoms with Crippen LogP contribution in [0, 0.1) is 225 Å². The first kappa shape index (κ1) is 98.4. The van der Waals surface area contributed by atoms with Crippen molar-refractivity contribution in [2.45, 2.75) is 597 Å². The van der Waals surface area contributed by atoms with E-state index in [-0.39, 0.29) is 0 Å². The second-order valence-corrected chi connectivity index (χ2v) is 56.6. The summed E-state index contributed by atoms with van der Waals surface area (Å²) in [4.78, 5) is 0. The molecule has 0 aromatic heterocycles. The lowest BCUT2D eigenvalue weighted by Crippen LogP contribution is -2.43. The van der Waals surface area contributed by atoms with E-state index < -0.39 is 0 Å². The van der Waals surface area contributed by atoms with Gasteiger partial charge < -0.3 is 0 Å². The van der Waals surface area contributed by atoms with Crippen molar-refractivity contribution in [2.24, 2.45) is 225 Å². The van der Waals surface area contributed by atoms with E-state index in [9.17, 15) is 0 Å². The summed E-state index contributed by atoms with van der Waals surface area (Å²) in [5, 5.41) is 0. The molecule has 32 aliphatic rings. The summed E-state index contributed by atoms with van der Waals surface area (Å²) < 4.78 is 0. The molecule has 0 radical (unpaired) electrons. The van der Waals surface area contributed by atoms with E-state index in [2.05, 4.69) is 0 Å². The molecule has 0 heterocycles. The van der Waals surface area contributed by atoms with Gasteiger partial charge >= 0.3 is 0 Å². The zero-order valence-electron chi connectivity index (χ0n) is 87.7. The van der Waals surface area contributed by atoms with Crippen molar-refractivity contribution in [3.63, 3.8) is 0 Å². The first-order valence-electron chi connectivity index (χ1n) is 64.9. The van der Waals surface area contributed by atoms with Gasteiger partial charge in [0, 0.05) is 0 Å². The summed E-state index contributed by atoms with van der Waals surface area (Å²) in [6.45, 7) is 0. The summed E-state index contributed by atoms with van der Waals surface area (Å²) in [6.07, 6.45) is 145. The highest BCUT2D eigenvalue weighted by Crippen LogP contribution is 2.63. The van der Waals surface area contributed by atoms with Crippen molar-refractivity contribution < 1.29 is 0 Å². The molecule has 0 bridgehead atoms. The number of hydrogen-bond donors (Lipinski definition) is 0. The van der Waals surface area contributed by atoms with Gasteiger partial charge in [-0.2, -0.15) is 0 Å². The summed E-state index contributed by atoms with van der Waals surface area (Å²) in [5.74, 6) is 44.8. The molecule has 32 saturated carbocycles. The van der Waals surface area contributed by atoms with Gasteiger partial charge in [-0.1, -0.05) is 449 Å². The average Bonchev–Trinajstić information content (AvgIpc) is 1.65. The highest BCUT2D eigenvalue weighted by molar-refractivity contribution is 5.03. The van der Waals surface area contributed by atoms with E-state index in [4.69, 9.17) is 0 Å². The number of hydrogen-bond acceptors (Lipinski definition) is 0. The molecule has 0 amide bonds. The van der Waals surface area contributed by atoms with Crippen molar-refractivity contribution in [3.8, 4) is 0 Å². The maximum absolute atomic E-state index is 1.62. The Morgan fingerprint density at radius 2 is 0.198 bits per heavy atom. The Morgan fingerprint density at radius 3 is 0.473 bits per heavy atom. The highest BCUT2D eigenvalue weighted by atomic mass is 14.6. The lowest BCUT2D eigenvalue weighted by atomic mass is 9.54. The summed E-state index contributed by atoms with van der Waals surface area (Å²) >= 11 is 0. The second kappa shape index (κ2) is 50.5. The SMILES string of the molecule is C1CC2CC12.C1CC2CC2C1.C1CC2CCC2C1.C1CC2CCCC2C1.C1CC2CCCC2C2CC2C1.C1CC2CCCC3CCC(C1)C23.C1CCC2C(C1)CCC1C3CCCC3CCC21.C1CCC2C(C1)CCC1CCCCC12.C1CCC2CC2C1.C1CCC2CC3CCCCC3CC2C1.C1CCC2CCCC2C1.C1CCC2CCCCC2C1.C1CCC2CCCCC2CC1. The minimum absolute atomic E-state index is 1.14. The van der Waals surface area contributed by atoms with Crippen LogP contribution in [0.15, 0.2) is 0 Å². The Bertz CT molecular complexity index is 2990. The van der Waals surface area contributed by atoms with Crippen molar-refractivity contribution >= 4 is 0 Å². The molecule has 0 aliphatic heterocycles. The van der Waals surface area contributed by atoms with Crippen LogP contribution in [0.1, 0.15) is 597 Å². The van der Waals surface area contributed by atoms with Crippen LogP contribution in [0.25, 0.3) is 0 Å². The summed E-state index contributed by atoms with van der Waals surface area (Å²) in [6, 6.07) is 0. The van der Waals surface area contributed by atoms with Gasteiger partial charge in [0.2, 0.25) is 0 Å². The van der Waals surface area contributed by atoms with Gasteiger partial charge in [0.05, 0.1) is 0 Å². The second-order valence-electron chi connectivity index (χ2n) is 56.6. The smallest absolute Gasteiger partial charge is 0.0329 e. The van der Waals surface area contributed by atoms with Crippen LogP contribution >= 0.6 is 0 Å². The standard InChI is InChI=1S/C17H28.2C14H24.C12H20.C11H18.C11H20.C10H18.C9H16.C8H14.2C7H12.C6H10.C5H8/c1-2-6-14-12(4-1)8-10-17-15-7-3-5-13(15)9-11-16(14)17;1-3-7-13-11(5-1)9-10-12-6-2-4-8-14(12)13;1-2-6-12-10-14-8-4-3-7-13(14)9-11(12)5-1;1-3-9-4-2-6-11-8-7-10(5-1)12(9)11;1-3-8-4-2-6-10(8)11-7-9(11)5-1;1-2-6-10-8-4-5-9-11(10)7-3-1;1-2-6-10-8-4-3-7-9(10)5-1;1-2-5-9-7-3-6-8(9)4-1;1-3-7-5-2-6-8(7)4-1;1-2-6-4-5-7(6)3-1;1-2-4-7-5-6(7)3-1;1-2-5-4-6(5)3-1;1-2-5-3-4(1)5/h12-17H,1-11H2;2*11-14H,1-10H2;9-12H,1-8H2;8-11H,1-7H2;10-11H,1-9H2;9-10H,1-8H2;8-9H,1-7H2;7-8H,1-6H2;2*6-7H,1-5H2;5-6H,1-4H2;4-5H,1-3H2. The van der Waals surface area contributed by atoms with Gasteiger partial charge in [0.25, 0.3) is 0 Å². The predicted molar refractivity (Wildman–Crippen MR) is 562 cm³/mol. The Morgan fingerprint density at radius 1 is 0.0611 bits per heavy atom. The summed E-state index contributed by atoms with van der Waals surface area (Å²) in [5.41, 5.74) is 0. The molecule has 0 aromatic carbocycles. The Balaban J connectivity index is 0.0000000895. The number of fused-ring (bicyclic) bond motifs is 21. The number of rotatable bonds is 0. The van der Waals surface area contributed by atoms with E-state index in [0.717, 1.165) is 71.0 Å². The maximum Gasteiger partial charge on any atom is -0.0329 e. The fourth-order valence-electron chi connectivity index (χ4n) is 41.8. The van der Waals surface area contributed by atoms with Gasteiger partial charge in [0.1, 0.15) is 0 Å². The van der Waals surface area contributed by atoms with Gasteiger partial charge in [-0.05, 0) is 373 Å². The molecular formula is C131H224. The minimum atomic E-state index is 1.14. The molecule has 0 nitrogen and oxygen atoms in total. The van der Waals surface area contributed by atoms with Crippen LogP contribution < -0.4 is 0 Å². The molecule has 131 heavy (non-hydrogen) atoms. The maximum atomic E-state index is 1.62. The first-order chi connectivity index (χ1) is 64.9. The molecule has 32 fully saturated rings. The van der Waals surface area contributed by atoms with Crippen LogP contribution in [0.2, 0.25) is 0 Å². The van der Waals surface area contributed by atoms with Crippen LogP contribution in [0.5, 0.6) is 0 Å². The largest absolute Gasteiger partial charge is 0.0533 e. The van der Waals surface area contributed by atoms with Crippen LogP contribution in [-0.4, -0.2) is 0 Å². The Labute approximate surface area is 816 Å². The van der Waals surface area contributed by atoms with E-state index in [1.807, 2.05) is 0 Å². The van der Waals surface area contributed by atoms with Crippen LogP contribution in [0.4, 0.5) is 0 Å². The van der Waals surface area contributed by atoms with E-state index >= 15 is 0 Å². The average molecular weight is 1800 g/mol. The highest BCUT2D eigenvalue weighted by Gasteiger charge is 2.52. The van der Waals surface area contributed by atoms with E-state index in [1.165, 1.54) is 269 Å². The Hall–Kier alpha value is 0. The first-order valence-corrected chi connectivity index (χ1v) is 64.9. The molecular weight excluding hydrogens is 1570 g/mol. The van der Waals surface area contributed by atoms with Gasteiger partial charge in [0.15, 0.2) is 0 Å². The molecule has 32 rings (SSSR count). The lowest BCUT2D eigenvalue weighted by Gasteiger charge is -2.51. The van der Waals surface area contributed by atoms with Gasteiger partial charge in [-0.3, -0.25) is 0 Å². The molecule has 32 unspecified atom stereocenters. The summed E-state index contributed by atoms with van der Waals surface area (Å²) in [7, 11) is 0. The monoisotopic (exact) mass is 1800 g/mol. The third-order valence-electron chi connectivity index (χ3n) is 49.8. The molecule has 0 saturated heterocycles. The lowest BCUT2D eigenvalue weighted by molar-refractivity contribution is -0.0184. The van der Waals surface area contributed by atoms with Crippen molar-refractivity contribution in [1.29, 1.82) is 0 Å². The fourth-order valence-corrected chi connectivity index (χ4v) is 41.8. The zero-order chi connectivity index (χ0) is 87.7. The van der Waals surface area contributed by atoms with Crippen molar-refractivity contribution in [3.05, 3.63) is 0 Å². The van der Waals surface area contributed by atoms with Gasteiger partial charge in [-0.15, -0.1) is 0 Å². The molecule has 0 aromatic rings. The van der Waals surface area contributed by atoms with Gasteiger partial charge in [-0.25, -0.2) is 0 Å². The molecule has 32 aliphatic carbocycles. The third-order valence-corrected chi connectivity index (χ3v) is 49.8. The zero-order valence-corrected chi connectivity index (χ0v) is 87.7. The van der Waals surface area contributed by atoms with Crippen LogP contribution in [-0.2, 0) is 0 Å². The van der Waals surface area contributed by atoms with Crippen molar-refractivity contribution in [1.82, 2.24) is 0 Å². The Kier molecular flexibility index (Phi) is 37.9. The third kappa shape index (κ3) is 27.2. The normalized spacial score (nSPS) is 48.4. The molecule has 0 N–H and O–H groups in total. The molecule has 0 spiro atoms. The molecule has 32 atom stereocenters. The van der Waals surface area contributed by atoms with E-state index in [0.29, 0.717) is 0 Å². The molecule has 748 valence electrons. The minimum Gasteiger partial charge on any atom is -0.0533 e. The van der Waals surface area contributed by atoms with Crippen molar-refractivity contribution in [2.75, 3.05) is 0 Å². The van der Waals surface area contributed by atoms with E-state index in [1.54, 1.807) is 482 Å².